The van der Waals surface area contributed by atoms with Crippen LogP contribution < -0.4 is 10.1 Å². The van der Waals surface area contributed by atoms with Crippen molar-refractivity contribution in [2.24, 2.45) is 5.41 Å². The van der Waals surface area contributed by atoms with Crippen LogP contribution in [-0.4, -0.2) is 28.1 Å². The third kappa shape index (κ3) is 4.68. The van der Waals surface area contributed by atoms with Crippen LogP contribution in [-0.2, 0) is 11.2 Å². The van der Waals surface area contributed by atoms with E-state index in [1.807, 2.05) is 41.2 Å². The summed E-state index contributed by atoms with van der Waals surface area (Å²) in [4.78, 5) is 24.0. The lowest BCUT2D eigenvalue weighted by Gasteiger charge is -2.36. The number of amides is 1. The first-order valence-corrected chi connectivity index (χ1v) is 10.5. The average molecular weight is 418 g/mol. The second-order valence-electron chi connectivity index (χ2n) is 8.83. The fourth-order valence-corrected chi connectivity index (χ4v) is 4.13. The largest absolute Gasteiger partial charge is 0.484 e. The molecule has 0 aliphatic heterocycles. The number of hydrogen-bond donors (Lipinski definition) is 1. The van der Waals surface area contributed by atoms with Gasteiger partial charge in [0, 0.05) is 11.1 Å². The zero-order valence-electron chi connectivity index (χ0n) is 18.1. The molecule has 2 aromatic carbocycles. The molecule has 0 spiro atoms. The highest BCUT2D eigenvalue weighted by molar-refractivity contribution is 5.94. The van der Waals surface area contributed by atoms with Crippen molar-refractivity contribution in [3.8, 4) is 11.4 Å². The number of ether oxygens (including phenoxy) is 1. The number of aromatic nitrogens is 2. The molecule has 0 bridgehead atoms. The van der Waals surface area contributed by atoms with Crippen LogP contribution in [0.2, 0.25) is 0 Å². The molecule has 160 valence electrons. The second kappa shape index (κ2) is 8.38. The van der Waals surface area contributed by atoms with Crippen molar-refractivity contribution in [2.45, 2.75) is 39.7 Å². The van der Waals surface area contributed by atoms with Gasteiger partial charge in [-0.1, -0.05) is 32.0 Å². The van der Waals surface area contributed by atoms with Gasteiger partial charge >= 0.3 is 0 Å². The van der Waals surface area contributed by atoms with E-state index in [0.717, 1.165) is 29.8 Å². The summed E-state index contributed by atoms with van der Waals surface area (Å²) >= 11 is 0. The van der Waals surface area contributed by atoms with Crippen molar-refractivity contribution < 1.29 is 14.3 Å². The van der Waals surface area contributed by atoms with Crippen molar-refractivity contribution in [2.75, 3.05) is 6.61 Å². The Bertz CT molecular complexity index is 1080. The lowest BCUT2D eigenvalue weighted by Crippen LogP contribution is -2.38. The van der Waals surface area contributed by atoms with Crippen LogP contribution in [0.15, 0.2) is 60.8 Å². The predicted molar refractivity (Wildman–Crippen MR) is 118 cm³/mol. The molecular formula is C25H27N3O3. The van der Waals surface area contributed by atoms with Gasteiger partial charge in [-0.05, 0) is 61.6 Å². The van der Waals surface area contributed by atoms with Crippen LogP contribution >= 0.6 is 0 Å². The third-order valence-corrected chi connectivity index (χ3v) is 5.65. The molecule has 0 fully saturated rings. The fraction of sp³-hybridized carbons (Fsp3) is 0.320. The standard InChI is InChI=1S/C25H27N3O3/c1-17(29)18-9-11-20(12-10-18)31-16-24(30)27-22-13-25(2,3)14-23-21(22)15-26-28(23)19-7-5-4-6-8-19/h4-12,15,22H,13-14,16H2,1-3H3,(H,27,30)/t22-/m1/s1. The van der Waals surface area contributed by atoms with Crippen LogP contribution in [0, 0.1) is 5.41 Å². The number of para-hydroxylation sites is 1. The Labute approximate surface area is 182 Å². The molecule has 0 saturated heterocycles. The number of carbonyl (C=O) groups is 2. The Kier molecular flexibility index (Phi) is 5.63. The van der Waals surface area contributed by atoms with E-state index in [1.165, 1.54) is 6.92 Å². The van der Waals surface area contributed by atoms with Crippen molar-refractivity contribution in [3.05, 3.63) is 77.6 Å². The van der Waals surface area contributed by atoms with E-state index in [-0.39, 0.29) is 29.8 Å². The number of nitrogens with zero attached hydrogens (tertiary/aromatic N) is 2. The average Bonchev–Trinajstić information content (AvgIpc) is 3.16. The maximum absolute atomic E-state index is 12.6. The first-order chi connectivity index (χ1) is 14.8. The van der Waals surface area contributed by atoms with Gasteiger partial charge < -0.3 is 10.1 Å². The highest BCUT2D eigenvalue weighted by Crippen LogP contribution is 2.41. The van der Waals surface area contributed by atoms with E-state index in [2.05, 4.69) is 24.3 Å². The Hall–Kier alpha value is -3.41. The summed E-state index contributed by atoms with van der Waals surface area (Å²) in [5.74, 6) is 0.370. The number of ketones is 1. The quantitative estimate of drug-likeness (QED) is 0.608. The van der Waals surface area contributed by atoms with Crippen molar-refractivity contribution in [1.29, 1.82) is 0 Å². The number of benzene rings is 2. The summed E-state index contributed by atoms with van der Waals surface area (Å²) in [6, 6.07) is 16.7. The van der Waals surface area contributed by atoms with E-state index < -0.39 is 0 Å². The molecule has 1 atom stereocenters. The molecule has 31 heavy (non-hydrogen) atoms. The summed E-state index contributed by atoms with van der Waals surface area (Å²) in [5, 5.41) is 7.74. The summed E-state index contributed by atoms with van der Waals surface area (Å²) in [7, 11) is 0. The lowest BCUT2D eigenvalue weighted by molar-refractivity contribution is -0.124. The molecule has 1 heterocycles. The summed E-state index contributed by atoms with van der Waals surface area (Å²) < 4.78 is 7.59. The number of nitrogens with one attached hydrogen (secondary N) is 1. The topological polar surface area (TPSA) is 73.2 Å². The first kappa shape index (κ1) is 20.8. The molecule has 6 nitrogen and oxygen atoms in total. The van der Waals surface area contributed by atoms with Crippen molar-refractivity contribution >= 4 is 11.7 Å². The highest BCUT2D eigenvalue weighted by atomic mass is 16.5. The monoisotopic (exact) mass is 417 g/mol. The minimum Gasteiger partial charge on any atom is -0.484 e. The molecule has 6 heteroatoms. The molecule has 1 aromatic heterocycles. The molecule has 3 aromatic rings. The Balaban J connectivity index is 1.47. The van der Waals surface area contributed by atoms with E-state index in [9.17, 15) is 9.59 Å². The molecule has 1 amide bonds. The number of Topliss-reactive ketones (excluding diaryl/α,β-unsaturated/α-hetero) is 1. The van der Waals surface area contributed by atoms with E-state index in [1.54, 1.807) is 24.3 Å². The number of hydrogen-bond acceptors (Lipinski definition) is 4. The van der Waals surface area contributed by atoms with Gasteiger partial charge in [0.15, 0.2) is 12.4 Å². The molecule has 1 aliphatic carbocycles. The van der Waals surface area contributed by atoms with Gasteiger partial charge in [-0.2, -0.15) is 5.10 Å². The van der Waals surface area contributed by atoms with E-state index in [4.69, 9.17) is 4.74 Å². The molecule has 1 aliphatic rings. The summed E-state index contributed by atoms with van der Waals surface area (Å²) in [5.41, 5.74) is 3.85. The van der Waals surface area contributed by atoms with Gasteiger partial charge in [-0.15, -0.1) is 0 Å². The van der Waals surface area contributed by atoms with E-state index in [0.29, 0.717) is 11.3 Å². The van der Waals surface area contributed by atoms with Gasteiger partial charge in [-0.25, -0.2) is 4.68 Å². The lowest BCUT2D eigenvalue weighted by atomic mass is 9.74. The molecular weight excluding hydrogens is 390 g/mol. The Morgan fingerprint density at radius 1 is 1.13 bits per heavy atom. The molecule has 1 N–H and O–H groups in total. The van der Waals surface area contributed by atoms with Crippen molar-refractivity contribution in [3.63, 3.8) is 0 Å². The van der Waals surface area contributed by atoms with Gasteiger partial charge in [-0.3, -0.25) is 9.59 Å². The van der Waals surface area contributed by atoms with Gasteiger partial charge in [0.25, 0.3) is 5.91 Å². The summed E-state index contributed by atoms with van der Waals surface area (Å²) in [6.45, 7) is 5.86. The minimum atomic E-state index is -0.184. The SMILES string of the molecule is CC(=O)c1ccc(OCC(=O)N[C@@H]2CC(C)(C)Cc3c2cnn3-c2ccccc2)cc1. The van der Waals surface area contributed by atoms with Gasteiger partial charge in [0.2, 0.25) is 0 Å². The second-order valence-corrected chi connectivity index (χ2v) is 8.83. The van der Waals surface area contributed by atoms with Crippen LogP contribution in [0.1, 0.15) is 54.8 Å². The number of carbonyl (C=O) groups excluding carboxylic acids is 2. The maximum atomic E-state index is 12.6. The molecule has 4 rings (SSSR count). The van der Waals surface area contributed by atoms with Crippen molar-refractivity contribution in [1.82, 2.24) is 15.1 Å². The number of rotatable bonds is 6. The maximum Gasteiger partial charge on any atom is 0.258 e. The number of fused-ring (bicyclic) bond motifs is 1. The molecule has 0 saturated carbocycles. The zero-order chi connectivity index (χ0) is 22.0. The first-order valence-electron chi connectivity index (χ1n) is 10.5. The Morgan fingerprint density at radius 2 is 1.84 bits per heavy atom. The molecule has 0 radical (unpaired) electrons. The van der Waals surface area contributed by atoms with Crippen LogP contribution in [0.3, 0.4) is 0 Å². The fourth-order valence-electron chi connectivity index (χ4n) is 4.13. The van der Waals surface area contributed by atoms with Crippen LogP contribution in [0.4, 0.5) is 0 Å². The van der Waals surface area contributed by atoms with Crippen LogP contribution in [0.25, 0.3) is 5.69 Å². The van der Waals surface area contributed by atoms with Gasteiger partial charge in [0.1, 0.15) is 5.75 Å². The zero-order valence-corrected chi connectivity index (χ0v) is 18.1. The van der Waals surface area contributed by atoms with E-state index >= 15 is 0 Å². The minimum absolute atomic E-state index is 0.00365. The smallest absolute Gasteiger partial charge is 0.258 e. The third-order valence-electron chi connectivity index (χ3n) is 5.65. The normalized spacial score (nSPS) is 16.9. The van der Waals surface area contributed by atoms with Gasteiger partial charge in [0.05, 0.1) is 23.6 Å². The van der Waals surface area contributed by atoms with Crippen LogP contribution in [0.5, 0.6) is 5.75 Å². The summed E-state index contributed by atoms with van der Waals surface area (Å²) in [6.07, 6.45) is 3.59. The molecule has 0 unspecified atom stereocenters. The Morgan fingerprint density at radius 3 is 2.52 bits per heavy atom. The highest BCUT2D eigenvalue weighted by Gasteiger charge is 2.36. The predicted octanol–water partition coefficient (Wildman–Crippen LogP) is 4.28.